The van der Waals surface area contributed by atoms with Crippen LogP contribution in [-0.4, -0.2) is 43.3 Å². The number of amides is 1. The number of pyridine rings is 1. The van der Waals surface area contributed by atoms with Gasteiger partial charge in [-0.3, -0.25) is 4.79 Å². The molecule has 1 aliphatic rings. The van der Waals surface area contributed by atoms with Crippen LogP contribution >= 0.6 is 23.4 Å². The summed E-state index contributed by atoms with van der Waals surface area (Å²) in [5.41, 5.74) is 2.70. The zero-order valence-corrected chi connectivity index (χ0v) is 20.3. The van der Waals surface area contributed by atoms with E-state index in [-0.39, 0.29) is 11.9 Å². The van der Waals surface area contributed by atoms with E-state index in [0.717, 1.165) is 53.0 Å². The zero-order valence-electron chi connectivity index (χ0n) is 18.7. The van der Waals surface area contributed by atoms with E-state index in [1.807, 2.05) is 30.5 Å². The monoisotopic (exact) mass is 468 g/mol. The molecular weight excluding hydrogens is 440 g/mol. The molecule has 0 radical (unpaired) electrons. The summed E-state index contributed by atoms with van der Waals surface area (Å²) in [6.45, 7) is 0. The molecule has 1 amide bonds. The Kier molecular flexibility index (Phi) is 7.11. The Morgan fingerprint density at radius 1 is 1.06 bits per heavy atom. The minimum Gasteiger partial charge on any atom is -0.377 e. The minimum atomic E-state index is -0.0888. The number of halogens is 1. The number of carbonyl (C=O) groups excluding carboxylic acids is 1. The number of hydrogen-bond donors (Lipinski definition) is 2. The summed E-state index contributed by atoms with van der Waals surface area (Å²) >= 11 is 7.87. The average Bonchev–Trinajstić information content (AvgIpc) is 2.80. The van der Waals surface area contributed by atoms with E-state index in [1.54, 1.807) is 17.8 Å². The summed E-state index contributed by atoms with van der Waals surface area (Å²) in [5.74, 6) is 0.815. The number of aromatic nitrogens is 1. The lowest BCUT2D eigenvalue weighted by molar-refractivity contribution is 0.0926. The number of carbonyl (C=O) groups is 1. The molecule has 0 unspecified atom stereocenters. The van der Waals surface area contributed by atoms with Crippen molar-refractivity contribution in [1.29, 1.82) is 0 Å². The van der Waals surface area contributed by atoms with Gasteiger partial charge in [-0.05, 0) is 56.2 Å². The Bertz CT molecular complexity index is 1110. The largest absolute Gasteiger partial charge is 0.377 e. The first-order valence-corrected chi connectivity index (χ1v) is 12.5. The lowest BCUT2D eigenvalue weighted by Crippen LogP contribution is -2.40. The standard InChI is InChI=1S/C25H29ClN4OS/c1-30(2)23-15-24(29-22-7-5-4-6-19(22)23)27-16-8-10-17(11-9-16)28-25(31)20-14-18(32-3)12-13-21(20)26/h4-7,12-17H,8-11H2,1-3H3,(H,27,29)(H,28,31). The van der Waals surface area contributed by atoms with Crippen LogP contribution in [0.1, 0.15) is 36.0 Å². The molecule has 168 valence electrons. The van der Waals surface area contributed by atoms with Crippen molar-refractivity contribution >= 4 is 51.7 Å². The number of thioether (sulfide) groups is 1. The third-order valence-electron chi connectivity index (χ3n) is 6.01. The zero-order chi connectivity index (χ0) is 22.7. The van der Waals surface area contributed by atoms with E-state index in [1.165, 1.54) is 0 Å². The molecule has 2 aromatic carbocycles. The number of nitrogens with zero attached hydrogens (tertiary/aromatic N) is 2. The summed E-state index contributed by atoms with van der Waals surface area (Å²) in [4.78, 5) is 20.7. The molecule has 1 aromatic heterocycles. The number of nitrogens with one attached hydrogen (secondary N) is 2. The summed E-state index contributed by atoms with van der Waals surface area (Å²) < 4.78 is 0. The fraction of sp³-hybridized carbons (Fsp3) is 0.360. The van der Waals surface area contributed by atoms with Crippen LogP contribution in [0.3, 0.4) is 0 Å². The summed E-state index contributed by atoms with van der Waals surface area (Å²) in [7, 11) is 4.11. The van der Waals surface area contributed by atoms with E-state index in [2.05, 4.69) is 47.8 Å². The molecule has 1 aliphatic carbocycles. The van der Waals surface area contributed by atoms with Gasteiger partial charge < -0.3 is 15.5 Å². The summed E-state index contributed by atoms with van der Waals surface area (Å²) in [6.07, 6.45) is 5.81. The van der Waals surface area contributed by atoms with Crippen LogP contribution in [0.15, 0.2) is 53.4 Å². The first-order chi connectivity index (χ1) is 15.4. The highest BCUT2D eigenvalue weighted by molar-refractivity contribution is 7.98. The molecule has 0 bridgehead atoms. The molecule has 2 N–H and O–H groups in total. The lowest BCUT2D eigenvalue weighted by Gasteiger charge is -2.30. The van der Waals surface area contributed by atoms with Crippen molar-refractivity contribution in [3.05, 3.63) is 59.1 Å². The second-order valence-corrected chi connectivity index (χ2v) is 9.74. The van der Waals surface area contributed by atoms with E-state index in [4.69, 9.17) is 16.6 Å². The summed E-state index contributed by atoms with van der Waals surface area (Å²) in [6, 6.07) is 16.4. The first kappa shape index (κ1) is 22.7. The molecule has 0 aliphatic heterocycles. The molecule has 3 aromatic rings. The first-order valence-electron chi connectivity index (χ1n) is 10.9. The van der Waals surface area contributed by atoms with Crippen LogP contribution in [0.5, 0.6) is 0 Å². The average molecular weight is 469 g/mol. The van der Waals surface area contributed by atoms with Gasteiger partial charge in [-0.15, -0.1) is 11.8 Å². The number of benzene rings is 2. The SMILES string of the molecule is CSc1ccc(Cl)c(C(=O)NC2CCC(Nc3cc(N(C)C)c4ccccc4n3)CC2)c1. The molecule has 0 saturated heterocycles. The van der Waals surface area contributed by atoms with E-state index < -0.39 is 0 Å². The molecule has 4 rings (SSSR count). The third-order valence-corrected chi connectivity index (χ3v) is 7.06. The Labute approximate surface area is 198 Å². The van der Waals surface area contributed by atoms with Crippen LogP contribution in [0.2, 0.25) is 5.02 Å². The van der Waals surface area contributed by atoms with Crippen molar-refractivity contribution in [1.82, 2.24) is 10.3 Å². The van der Waals surface area contributed by atoms with E-state index >= 15 is 0 Å². The number of hydrogen-bond acceptors (Lipinski definition) is 5. The van der Waals surface area contributed by atoms with Gasteiger partial charge in [-0.2, -0.15) is 0 Å². The molecule has 0 atom stereocenters. The highest BCUT2D eigenvalue weighted by atomic mass is 35.5. The molecule has 1 saturated carbocycles. The normalized spacial score (nSPS) is 18.4. The highest BCUT2D eigenvalue weighted by Crippen LogP contribution is 2.29. The fourth-order valence-electron chi connectivity index (χ4n) is 4.26. The number of anilines is 2. The lowest BCUT2D eigenvalue weighted by atomic mass is 9.91. The van der Waals surface area contributed by atoms with Crippen molar-refractivity contribution in [3.63, 3.8) is 0 Å². The molecule has 5 nitrogen and oxygen atoms in total. The number of rotatable bonds is 6. The van der Waals surface area contributed by atoms with Gasteiger partial charge in [0.05, 0.1) is 16.1 Å². The van der Waals surface area contributed by atoms with Gasteiger partial charge in [0.2, 0.25) is 0 Å². The maximum Gasteiger partial charge on any atom is 0.253 e. The second kappa shape index (κ2) is 10.0. The van der Waals surface area contributed by atoms with Crippen molar-refractivity contribution < 1.29 is 4.79 Å². The van der Waals surface area contributed by atoms with Crippen LogP contribution in [-0.2, 0) is 0 Å². The van der Waals surface area contributed by atoms with Crippen LogP contribution in [0.25, 0.3) is 10.9 Å². The molecular formula is C25H29ClN4OS. The number of fused-ring (bicyclic) bond motifs is 1. The number of para-hydroxylation sites is 1. The Morgan fingerprint density at radius 2 is 1.78 bits per heavy atom. The van der Waals surface area contributed by atoms with Gasteiger partial charge in [0.1, 0.15) is 5.82 Å². The Morgan fingerprint density at radius 3 is 2.50 bits per heavy atom. The minimum absolute atomic E-state index is 0.0888. The maximum atomic E-state index is 12.8. The highest BCUT2D eigenvalue weighted by Gasteiger charge is 2.24. The van der Waals surface area contributed by atoms with E-state index in [9.17, 15) is 4.79 Å². The van der Waals surface area contributed by atoms with Gasteiger partial charge in [-0.1, -0.05) is 29.8 Å². The van der Waals surface area contributed by atoms with Crippen molar-refractivity contribution in [2.75, 3.05) is 30.6 Å². The Balaban J connectivity index is 1.38. The van der Waals surface area contributed by atoms with Crippen molar-refractivity contribution in [3.8, 4) is 0 Å². The van der Waals surface area contributed by atoms with Crippen molar-refractivity contribution in [2.24, 2.45) is 0 Å². The topological polar surface area (TPSA) is 57.3 Å². The van der Waals surface area contributed by atoms with Crippen LogP contribution in [0, 0.1) is 0 Å². The fourth-order valence-corrected chi connectivity index (χ4v) is 4.90. The predicted octanol–water partition coefficient (Wildman–Crippen LogP) is 5.83. The summed E-state index contributed by atoms with van der Waals surface area (Å²) in [5, 5.41) is 8.45. The molecule has 7 heteroatoms. The maximum absolute atomic E-state index is 12.8. The van der Waals surface area contributed by atoms with E-state index in [0.29, 0.717) is 16.6 Å². The molecule has 32 heavy (non-hydrogen) atoms. The van der Waals surface area contributed by atoms with Crippen LogP contribution in [0.4, 0.5) is 11.5 Å². The quantitative estimate of drug-likeness (QED) is 0.446. The van der Waals surface area contributed by atoms with Crippen molar-refractivity contribution in [2.45, 2.75) is 42.7 Å². The molecule has 1 heterocycles. The third kappa shape index (κ3) is 5.13. The van der Waals surface area contributed by atoms with Crippen LogP contribution < -0.4 is 15.5 Å². The molecule has 1 fully saturated rings. The molecule has 0 spiro atoms. The predicted molar refractivity (Wildman–Crippen MR) is 136 cm³/mol. The Hall–Kier alpha value is -2.44. The smallest absolute Gasteiger partial charge is 0.253 e. The van der Waals surface area contributed by atoms with Gasteiger partial charge in [0.15, 0.2) is 0 Å². The van der Waals surface area contributed by atoms with Gasteiger partial charge in [-0.25, -0.2) is 4.98 Å². The second-order valence-electron chi connectivity index (χ2n) is 8.45. The van der Waals surface area contributed by atoms with Gasteiger partial charge >= 0.3 is 0 Å². The van der Waals surface area contributed by atoms with Gasteiger partial charge in [0, 0.05) is 48.2 Å². The van der Waals surface area contributed by atoms with Gasteiger partial charge in [0.25, 0.3) is 5.91 Å².